The van der Waals surface area contributed by atoms with Crippen LogP contribution in [0.15, 0.2) is 59.5 Å². The van der Waals surface area contributed by atoms with Crippen molar-refractivity contribution in [3.8, 4) is 0 Å². The molecular formula is C22H29N3O3S. The molecule has 7 heteroatoms. The molecule has 0 saturated carbocycles. The number of anilines is 1. The van der Waals surface area contributed by atoms with Crippen LogP contribution in [0.5, 0.6) is 0 Å². The van der Waals surface area contributed by atoms with E-state index < -0.39 is 10.0 Å². The molecule has 2 N–H and O–H groups in total. The molecule has 0 aliphatic carbocycles. The molecule has 29 heavy (non-hydrogen) atoms. The van der Waals surface area contributed by atoms with Crippen molar-refractivity contribution in [1.82, 2.24) is 9.62 Å². The highest BCUT2D eigenvalue weighted by atomic mass is 32.2. The van der Waals surface area contributed by atoms with Crippen molar-refractivity contribution in [3.63, 3.8) is 0 Å². The van der Waals surface area contributed by atoms with Crippen molar-refractivity contribution < 1.29 is 13.2 Å². The summed E-state index contributed by atoms with van der Waals surface area (Å²) in [6.07, 6.45) is 3.34. The van der Waals surface area contributed by atoms with Crippen LogP contribution in [0, 0.1) is 5.92 Å². The average molecular weight is 416 g/mol. The molecule has 0 spiro atoms. The normalized spacial score (nSPS) is 15.8. The number of rotatable bonds is 7. The first-order chi connectivity index (χ1) is 14.0. The number of nitrogens with one attached hydrogen (secondary N) is 2. The van der Waals surface area contributed by atoms with Gasteiger partial charge in [-0.3, -0.25) is 0 Å². The smallest absolute Gasteiger partial charge is 0.319 e. The lowest BCUT2D eigenvalue weighted by atomic mass is 9.95. The standard InChI is InChI=1S/C22H29N3O3S/c1-2-19-8-6-7-11-21(19)24-22(26)23-15-12-18-13-16-25(17-14-18)29(27,28)20-9-4-3-5-10-20/h3-11,18H,2,12-17H2,1H3,(H2,23,24,26). The van der Waals surface area contributed by atoms with Crippen LogP contribution in [0.4, 0.5) is 10.5 Å². The summed E-state index contributed by atoms with van der Waals surface area (Å²) in [5, 5.41) is 5.82. The van der Waals surface area contributed by atoms with Crippen molar-refractivity contribution in [2.75, 3.05) is 25.0 Å². The average Bonchev–Trinajstić information content (AvgIpc) is 2.75. The number of carbonyl (C=O) groups excluding carboxylic acids is 1. The molecule has 0 unspecified atom stereocenters. The molecule has 0 atom stereocenters. The molecule has 1 aliphatic heterocycles. The minimum atomic E-state index is -3.41. The van der Waals surface area contributed by atoms with Gasteiger partial charge in [-0.2, -0.15) is 4.31 Å². The lowest BCUT2D eigenvalue weighted by Crippen LogP contribution is -2.39. The number of para-hydroxylation sites is 1. The Hall–Kier alpha value is -2.38. The molecule has 1 heterocycles. The third kappa shape index (κ3) is 5.58. The summed E-state index contributed by atoms with van der Waals surface area (Å²) in [5.74, 6) is 0.417. The fraction of sp³-hybridized carbons (Fsp3) is 0.409. The highest BCUT2D eigenvalue weighted by Gasteiger charge is 2.29. The maximum atomic E-state index is 12.7. The molecule has 2 aromatic carbocycles. The number of amides is 2. The summed E-state index contributed by atoms with van der Waals surface area (Å²) in [6.45, 7) is 3.69. The van der Waals surface area contributed by atoms with Crippen molar-refractivity contribution in [1.29, 1.82) is 0 Å². The Morgan fingerprint density at radius 3 is 2.38 bits per heavy atom. The highest BCUT2D eigenvalue weighted by molar-refractivity contribution is 7.89. The molecule has 2 amide bonds. The molecule has 1 saturated heterocycles. The zero-order valence-corrected chi connectivity index (χ0v) is 17.6. The van der Waals surface area contributed by atoms with Gasteiger partial charge in [0.1, 0.15) is 0 Å². The monoisotopic (exact) mass is 415 g/mol. The number of aryl methyl sites for hydroxylation is 1. The quantitative estimate of drug-likeness (QED) is 0.721. The van der Waals surface area contributed by atoms with Crippen LogP contribution in [0.2, 0.25) is 0 Å². The predicted octanol–water partition coefficient (Wildman–Crippen LogP) is 3.86. The fourth-order valence-corrected chi connectivity index (χ4v) is 5.18. The molecular weight excluding hydrogens is 386 g/mol. The Bertz CT molecular complexity index is 908. The Morgan fingerprint density at radius 1 is 1.03 bits per heavy atom. The predicted molar refractivity (Wildman–Crippen MR) is 115 cm³/mol. The molecule has 0 radical (unpaired) electrons. The largest absolute Gasteiger partial charge is 0.338 e. The van der Waals surface area contributed by atoms with E-state index >= 15 is 0 Å². The number of nitrogens with zero attached hydrogens (tertiary/aromatic N) is 1. The van der Waals surface area contributed by atoms with Gasteiger partial charge in [-0.1, -0.05) is 43.3 Å². The van der Waals surface area contributed by atoms with Crippen LogP contribution in [0.25, 0.3) is 0 Å². The van der Waals surface area contributed by atoms with Gasteiger partial charge in [-0.25, -0.2) is 13.2 Å². The molecule has 0 bridgehead atoms. The van der Waals surface area contributed by atoms with Gasteiger partial charge in [0.2, 0.25) is 10.0 Å². The first kappa shape index (κ1) is 21.3. The van der Waals surface area contributed by atoms with Crippen LogP contribution < -0.4 is 10.6 Å². The van der Waals surface area contributed by atoms with Gasteiger partial charge in [0.05, 0.1) is 4.90 Å². The topological polar surface area (TPSA) is 78.5 Å². The molecule has 0 aromatic heterocycles. The third-order valence-corrected chi connectivity index (χ3v) is 7.35. The molecule has 1 aliphatic rings. The number of carbonyl (C=O) groups is 1. The lowest BCUT2D eigenvalue weighted by Gasteiger charge is -2.31. The van der Waals surface area contributed by atoms with Crippen molar-refractivity contribution in [3.05, 3.63) is 60.2 Å². The van der Waals surface area contributed by atoms with Crippen LogP contribution in [-0.2, 0) is 16.4 Å². The maximum absolute atomic E-state index is 12.7. The summed E-state index contributed by atoms with van der Waals surface area (Å²) in [6, 6.07) is 16.2. The second-order valence-electron chi connectivity index (χ2n) is 7.34. The Kier molecular flexibility index (Phi) is 7.28. The fourth-order valence-electron chi connectivity index (χ4n) is 3.69. The van der Waals surface area contributed by atoms with Crippen LogP contribution in [-0.4, -0.2) is 38.4 Å². The van der Waals surface area contributed by atoms with E-state index in [1.807, 2.05) is 30.3 Å². The van der Waals surface area contributed by atoms with Crippen molar-refractivity contribution in [2.24, 2.45) is 5.92 Å². The van der Waals surface area contributed by atoms with Gasteiger partial charge in [-0.05, 0) is 55.4 Å². The second-order valence-corrected chi connectivity index (χ2v) is 9.28. The Labute approximate surface area is 173 Å². The van der Waals surface area contributed by atoms with E-state index in [4.69, 9.17) is 0 Å². The Balaban J connectivity index is 1.42. The van der Waals surface area contributed by atoms with Gasteiger partial charge >= 0.3 is 6.03 Å². The van der Waals surface area contributed by atoms with E-state index in [1.54, 1.807) is 28.6 Å². The van der Waals surface area contributed by atoms with Crippen molar-refractivity contribution >= 4 is 21.7 Å². The summed E-state index contributed by atoms with van der Waals surface area (Å²) < 4.78 is 26.9. The van der Waals surface area contributed by atoms with E-state index in [-0.39, 0.29) is 6.03 Å². The van der Waals surface area contributed by atoms with Gasteiger partial charge in [0.25, 0.3) is 0 Å². The maximum Gasteiger partial charge on any atom is 0.319 e. The van der Waals surface area contributed by atoms with E-state index in [0.717, 1.165) is 36.9 Å². The number of urea groups is 1. The molecule has 3 rings (SSSR count). The van der Waals surface area contributed by atoms with Gasteiger partial charge in [-0.15, -0.1) is 0 Å². The minimum Gasteiger partial charge on any atom is -0.338 e. The number of sulfonamides is 1. The van der Waals surface area contributed by atoms with E-state index in [2.05, 4.69) is 17.6 Å². The van der Waals surface area contributed by atoms with Crippen LogP contribution >= 0.6 is 0 Å². The first-order valence-electron chi connectivity index (χ1n) is 10.2. The highest BCUT2D eigenvalue weighted by Crippen LogP contribution is 2.25. The van der Waals surface area contributed by atoms with E-state index in [9.17, 15) is 13.2 Å². The van der Waals surface area contributed by atoms with Crippen LogP contribution in [0.3, 0.4) is 0 Å². The summed E-state index contributed by atoms with van der Waals surface area (Å²) in [5.41, 5.74) is 1.95. The zero-order chi connectivity index (χ0) is 20.7. The summed E-state index contributed by atoms with van der Waals surface area (Å²) in [7, 11) is -3.41. The van der Waals surface area contributed by atoms with E-state index in [1.165, 1.54) is 0 Å². The number of hydrogen-bond donors (Lipinski definition) is 2. The number of benzene rings is 2. The summed E-state index contributed by atoms with van der Waals surface area (Å²) in [4.78, 5) is 12.5. The van der Waals surface area contributed by atoms with Gasteiger partial charge in [0.15, 0.2) is 0 Å². The van der Waals surface area contributed by atoms with E-state index in [0.29, 0.717) is 30.4 Å². The molecule has 6 nitrogen and oxygen atoms in total. The van der Waals surface area contributed by atoms with Crippen LogP contribution in [0.1, 0.15) is 31.7 Å². The molecule has 1 fully saturated rings. The summed E-state index contributed by atoms with van der Waals surface area (Å²) >= 11 is 0. The van der Waals surface area contributed by atoms with Crippen molar-refractivity contribution in [2.45, 2.75) is 37.5 Å². The minimum absolute atomic E-state index is 0.199. The number of piperidine rings is 1. The zero-order valence-electron chi connectivity index (χ0n) is 16.8. The third-order valence-electron chi connectivity index (χ3n) is 5.44. The van der Waals surface area contributed by atoms with Gasteiger partial charge < -0.3 is 10.6 Å². The first-order valence-corrected chi connectivity index (χ1v) is 11.6. The van der Waals surface area contributed by atoms with Gasteiger partial charge in [0, 0.05) is 25.3 Å². The Morgan fingerprint density at radius 2 is 1.69 bits per heavy atom. The second kappa shape index (κ2) is 9.89. The SMILES string of the molecule is CCc1ccccc1NC(=O)NCCC1CCN(S(=O)(=O)c2ccccc2)CC1. The molecule has 156 valence electrons. The number of hydrogen-bond acceptors (Lipinski definition) is 3. The lowest BCUT2D eigenvalue weighted by molar-refractivity contribution is 0.245. The molecule has 2 aromatic rings.